The number of carbonyl (C=O) groups excluding carboxylic acids is 1. The minimum atomic E-state index is -0.712. The van der Waals surface area contributed by atoms with Crippen LogP contribution >= 0.6 is 0 Å². The van der Waals surface area contributed by atoms with Crippen LogP contribution in [0.4, 0.5) is 5.82 Å². The molecule has 0 unspecified atom stereocenters. The maximum absolute atomic E-state index is 12.9. The molecular weight excluding hydrogens is 476 g/mol. The molecule has 196 valence electrons. The number of benzene rings is 3. The molecule has 0 fully saturated rings. The van der Waals surface area contributed by atoms with Crippen LogP contribution in [0.2, 0.25) is 0 Å². The second-order valence-electron chi connectivity index (χ2n) is 10.1. The van der Waals surface area contributed by atoms with Gasteiger partial charge in [0.15, 0.2) is 0 Å². The van der Waals surface area contributed by atoms with Crippen molar-refractivity contribution in [2.45, 2.75) is 38.5 Å². The number of pyridine rings is 1. The average molecular weight is 511 g/mol. The molecule has 0 aliphatic carbocycles. The van der Waals surface area contributed by atoms with Gasteiger partial charge < -0.3 is 26.6 Å². The van der Waals surface area contributed by atoms with E-state index in [1.54, 1.807) is 30.5 Å². The number of aromatic nitrogens is 1. The van der Waals surface area contributed by atoms with Gasteiger partial charge in [-0.15, -0.1) is 0 Å². The van der Waals surface area contributed by atoms with E-state index in [0.717, 1.165) is 16.7 Å². The van der Waals surface area contributed by atoms with Gasteiger partial charge in [0.1, 0.15) is 11.6 Å². The third-order valence-electron chi connectivity index (χ3n) is 6.43. The first-order chi connectivity index (χ1) is 18.2. The monoisotopic (exact) mass is 510 g/mol. The second-order valence-corrected chi connectivity index (χ2v) is 10.1. The fourth-order valence-electron chi connectivity index (χ4n) is 4.31. The summed E-state index contributed by atoms with van der Waals surface area (Å²) in [6.45, 7) is 4.66. The lowest BCUT2D eigenvalue weighted by atomic mass is 9.93. The van der Waals surface area contributed by atoms with Crippen molar-refractivity contribution < 1.29 is 15.0 Å². The van der Waals surface area contributed by atoms with Crippen LogP contribution in [0.1, 0.15) is 47.0 Å². The van der Waals surface area contributed by atoms with Crippen molar-refractivity contribution in [3.63, 3.8) is 0 Å². The number of nitrogens with two attached hydrogens (primary N) is 1. The molecular formula is C31H34N4O3. The highest BCUT2D eigenvalue weighted by Crippen LogP contribution is 2.26. The molecule has 1 atom stereocenters. The molecule has 3 aromatic carbocycles. The number of nitrogen functional groups attached to an aromatic ring is 1. The quantitative estimate of drug-likeness (QED) is 0.212. The lowest BCUT2D eigenvalue weighted by molar-refractivity contribution is 0.0950. The molecule has 38 heavy (non-hydrogen) atoms. The first kappa shape index (κ1) is 26.9. The summed E-state index contributed by atoms with van der Waals surface area (Å²) in [5, 5.41) is 27.2. The van der Waals surface area contributed by atoms with E-state index in [1.807, 2.05) is 60.7 Å². The first-order valence-electron chi connectivity index (χ1n) is 12.6. The Morgan fingerprint density at radius 1 is 0.974 bits per heavy atom. The number of phenolic OH excluding ortho intramolecular Hbond substituents is 1. The van der Waals surface area contributed by atoms with Crippen LogP contribution in [0.3, 0.4) is 0 Å². The molecule has 1 amide bonds. The van der Waals surface area contributed by atoms with Crippen LogP contribution in [0.5, 0.6) is 5.75 Å². The minimum Gasteiger partial charge on any atom is -0.508 e. The topological polar surface area (TPSA) is 120 Å². The molecule has 0 aliphatic heterocycles. The van der Waals surface area contributed by atoms with Gasteiger partial charge >= 0.3 is 0 Å². The molecule has 0 spiro atoms. The Morgan fingerprint density at radius 3 is 2.50 bits per heavy atom. The van der Waals surface area contributed by atoms with Gasteiger partial charge in [-0.3, -0.25) is 4.79 Å². The van der Waals surface area contributed by atoms with Gasteiger partial charge in [0.25, 0.3) is 5.91 Å². The lowest BCUT2D eigenvalue weighted by Crippen LogP contribution is -2.43. The number of rotatable bonds is 10. The van der Waals surface area contributed by atoms with Crippen LogP contribution in [0.25, 0.3) is 11.1 Å². The summed E-state index contributed by atoms with van der Waals surface area (Å²) in [6, 6.07) is 26.2. The third-order valence-corrected chi connectivity index (χ3v) is 6.43. The number of nitrogens with one attached hydrogen (secondary N) is 2. The zero-order valence-electron chi connectivity index (χ0n) is 21.7. The number of carbonyl (C=O) groups is 1. The van der Waals surface area contributed by atoms with Crippen molar-refractivity contribution >= 4 is 11.7 Å². The Balaban J connectivity index is 1.36. The van der Waals surface area contributed by atoms with Gasteiger partial charge in [0.05, 0.1) is 6.10 Å². The van der Waals surface area contributed by atoms with E-state index < -0.39 is 6.10 Å². The predicted molar refractivity (Wildman–Crippen MR) is 151 cm³/mol. The molecule has 0 radical (unpaired) electrons. The number of β-amino-alcohol motifs (C(OH)–C–C–N with tert-alkyl or cyclic N) is 1. The zero-order chi connectivity index (χ0) is 27.1. The van der Waals surface area contributed by atoms with Crippen molar-refractivity contribution in [2.75, 3.05) is 12.3 Å². The van der Waals surface area contributed by atoms with Crippen molar-refractivity contribution in [3.05, 3.63) is 113 Å². The number of hydrogen-bond donors (Lipinski definition) is 5. The number of aliphatic hydroxyl groups is 1. The molecule has 0 bridgehead atoms. The third kappa shape index (κ3) is 7.18. The number of aromatic hydroxyl groups is 1. The minimum absolute atomic E-state index is 0.142. The molecule has 6 N–H and O–H groups in total. The predicted octanol–water partition coefficient (Wildman–Crippen LogP) is 4.61. The van der Waals surface area contributed by atoms with Crippen LogP contribution in [0, 0.1) is 0 Å². The number of nitrogens with zero attached hydrogens (tertiary/aromatic N) is 1. The number of amides is 1. The first-order valence-corrected chi connectivity index (χ1v) is 12.6. The van der Waals surface area contributed by atoms with Gasteiger partial charge in [-0.05, 0) is 67.3 Å². The highest BCUT2D eigenvalue weighted by atomic mass is 16.3. The van der Waals surface area contributed by atoms with Gasteiger partial charge in [0.2, 0.25) is 0 Å². The Kier molecular flexibility index (Phi) is 8.41. The van der Waals surface area contributed by atoms with Gasteiger partial charge in [0, 0.05) is 41.5 Å². The molecule has 7 nitrogen and oxygen atoms in total. The summed E-state index contributed by atoms with van der Waals surface area (Å²) in [5.41, 5.74) is 10.2. The summed E-state index contributed by atoms with van der Waals surface area (Å²) in [5.74, 6) is 0.340. The smallest absolute Gasteiger partial charge is 0.251 e. The van der Waals surface area contributed by atoms with E-state index in [9.17, 15) is 15.0 Å². The molecule has 4 rings (SSSR count). The zero-order valence-corrected chi connectivity index (χ0v) is 21.7. The maximum Gasteiger partial charge on any atom is 0.251 e. The van der Waals surface area contributed by atoms with E-state index in [4.69, 9.17) is 5.73 Å². The highest BCUT2D eigenvalue weighted by Gasteiger charge is 2.21. The summed E-state index contributed by atoms with van der Waals surface area (Å²) in [6.07, 6.45) is 1.52. The van der Waals surface area contributed by atoms with E-state index in [-0.39, 0.29) is 23.7 Å². The Bertz CT molecular complexity index is 1370. The normalized spacial score (nSPS) is 12.2. The summed E-state index contributed by atoms with van der Waals surface area (Å²) in [4.78, 5) is 17.0. The summed E-state index contributed by atoms with van der Waals surface area (Å²) < 4.78 is 0. The second kappa shape index (κ2) is 11.9. The Morgan fingerprint density at radius 2 is 1.76 bits per heavy atom. The molecule has 0 saturated carbocycles. The van der Waals surface area contributed by atoms with Crippen molar-refractivity contribution in [1.82, 2.24) is 15.6 Å². The standard InChI is InChI=1S/C31H34N4O3/c1-31(2,35-20-28(37)25-12-14-29(32)33-18-25)17-21-7-6-10-24(15-21)30(38)34-19-26-16-23(11-13-27(26)36)22-8-4-3-5-9-22/h3-16,18,28,35-37H,17,19-20H2,1-2H3,(H2,32,33)(H,34,38)/t28-/m0/s1. The number of phenols is 1. The van der Waals surface area contributed by atoms with Crippen molar-refractivity contribution in [1.29, 1.82) is 0 Å². The average Bonchev–Trinajstić information content (AvgIpc) is 2.92. The summed E-state index contributed by atoms with van der Waals surface area (Å²) in [7, 11) is 0. The Hall–Kier alpha value is -4.20. The number of anilines is 1. The molecule has 0 saturated heterocycles. The highest BCUT2D eigenvalue weighted by molar-refractivity contribution is 5.94. The van der Waals surface area contributed by atoms with E-state index >= 15 is 0 Å². The fourth-order valence-corrected chi connectivity index (χ4v) is 4.31. The molecule has 1 aromatic heterocycles. The molecule has 7 heteroatoms. The van der Waals surface area contributed by atoms with Crippen molar-refractivity contribution in [2.24, 2.45) is 0 Å². The van der Waals surface area contributed by atoms with Crippen LogP contribution in [-0.4, -0.2) is 33.2 Å². The van der Waals surface area contributed by atoms with E-state index in [2.05, 4.69) is 29.5 Å². The van der Waals surface area contributed by atoms with E-state index in [1.165, 1.54) is 0 Å². The maximum atomic E-state index is 12.9. The lowest BCUT2D eigenvalue weighted by Gasteiger charge is -2.28. The van der Waals surface area contributed by atoms with Gasteiger partial charge in [-0.2, -0.15) is 0 Å². The largest absolute Gasteiger partial charge is 0.508 e. The van der Waals surface area contributed by atoms with Crippen molar-refractivity contribution in [3.8, 4) is 16.9 Å². The Labute approximate surface area is 223 Å². The van der Waals surface area contributed by atoms with Crippen LogP contribution in [-0.2, 0) is 13.0 Å². The van der Waals surface area contributed by atoms with Gasteiger partial charge in [-0.25, -0.2) is 4.98 Å². The van der Waals surface area contributed by atoms with E-state index in [0.29, 0.717) is 35.5 Å². The number of hydrogen-bond acceptors (Lipinski definition) is 6. The van der Waals surface area contributed by atoms with Crippen LogP contribution < -0.4 is 16.4 Å². The molecule has 4 aromatic rings. The van der Waals surface area contributed by atoms with Crippen LogP contribution in [0.15, 0.2) is 91.1 Å². The SMILES string of the molecule is CC(C)(Cc1cccc(C(=O)NCc2cc(-c3ccccc3)ccc2O)c1)NC[C@H](O)c1ccc(N)nc1. The summed E-state index contributed by atoms with van der Waals surface area (Å²) >= 11 is 0. The molecule has 1 heterocycles. The van der Waals surface area contributed by atoms with Gasteiger partial charge in [-0.1, -0.05) is 54.6 Å². The fraction of sp³-hybridized carbons (Fsp3) is 0.226. The molecule has 0 aliphatic rings. The number of aliphatic hydroxyl groups excluding tert-OH is 1.